The topological polar surface area (TPSA) is 119 Å². The molecule has 210 valence electrons. The number of furan rings is 1. The average molecular weight is 565 g/mol. The Kier molecular flexibility index (Phi) is 6.87. The minimum atomic E-state index is -1.09. The molecule has 0 saturated heterocycles. The van der Waals surface area contributed by atoms with E-state index in [1.807, 2.05) is 31.2 Å². The first-order chi connectivity index (χ1) is 20.4. The summed E-state index contributed by atoms with van der Waals surface area (Å²) in [4.78, 5) is 25.6. The Bertz CT molecular complexity index is 1880. The molecule has 0 saturated carbocycles. The second-order valence-electron chi connectivity index (χ2n) is 9.59. The average Bonchev–Trinajstić information content (AvgIpc) is 3.36. The van der Waals surface area contributed by atoms with Crippen molar-refractivity contribution in [2.75, 3.05) is 19.5 Å². The summed E-state index contributed by atoms with van der Waals surface area (Å²) >= 11 is 0. The summed E-state index contributed by atoms with van der Waals surface area (Å²) in [5.74, 6) is -0.0178. The number of anilines is 2. The maximum atomic E-state index is 15.4. The SMILES string of the molecule is COc1cc(Nc2ncc3c(n2)-c2ccc(-c4occc4C)cc2C(c2c(F)cccc2OC)=NC3)ccc1C(=O)O. The number of hydrogen-bond donors (Lipinski definition) is 2. The van der Waals surface area contributed by atoms with Crippen molar-refractivity contribution in [1.29, 1.82) is 0 Å². The molecule has 10 heteroatoms. The summed E-state index contributed by atoms with van der Waals surface area (Å²) in [5.41, 5.74) is 5.77. The lowest BCUT2D eigenvalue weighted by molar-refractivity contribution is 0.0693. The van der Waals surface area contributed by atoms with Gasteiger partial charge in [0.25, 0.3) is 0 Å². The van der Waals surface area contributed by atoms with Crippen molar-refractivity contribution in [1.82, 2.24) is 9.97 Å². The third-order valence-corrected chi connectivity index (χ3v) is 7.05. The van der Waals surface area contributed by atoms with Gasteiger partial charge in [-0.1, -0.05) is 18.2 Å². The van der Waals surface area contributed by atoms with Crippen LogP contribution in [0, 0.1) is 12.7 Å². The number of aromatic nitrogens is 2. The van der Waals surface area contributed by atoms with E-state index in [-0.39, 0.29) is 29.4 Å². The van der Waals surface area contributed by atoms with Gasteiger partial charge in [-0.15, -0.1) is 0 Å². The standard InChI is InChI=1S/C32H25FN4O5/c1-17-11-12-42-30(17)18-7-9-21-23(13-18)29(27-24(33)5-4-6-25(27)40-2)34-15-19-16-35-32(37-28(19)21)36-20-8-10-22(31(38)39)26(14-20)41-3/h4-14,16H,15H2,1-3H3,(H,38,39)(H,35,36,37). The Morgan fingerprint density at radius 2 is 1.86 bits per heavy atom. The molecule has 0 radical (unpaired) electrons. The van der Waals surface area contributed by atoms with Crippen LogP contribution in [0.4, 0.5) is 16.0 Å². The summed E-state index contributed by atoms with van der Waals surface area (Å²) in [7, 11) is 2.90. The molecule has 2 N–H and O–H groups in total. The zero-order valence-corrected chi connectivity index (χ0v) is 22.9. The van der Waals surface area contributed by atoms with Gasteiger partial charge in [0.15, 0.2) is 0 Å². The van der Waals surface area contributed by atoms with Crippen LogP contribution >= 0.6 is 0 Å². The quantitative estimate of drug-likeness (QED) is 0.225. The number of nitrogens with one attached hydrogen (secondary N) is 1. The molecule has 9 nitrogen and oxygen atoms in total. The molecule has 5 aromatic rings. The van der Waals surface area contributed by atoms with E-state index < -0.39 is 11.8 Å². The predicted molar refractivity (Wildman–Crippen MR) is 155 cm³/mol. The maximum absolute atomic E-state index is 15.4. The first-order valence-corrected chi connectivity index (χ1v) is 13.0. The monoisotopic (exact) mass is 564 g/mol. The van der Waals surface area contributed by atoms with Crippen molar-refractivity contribution >= 4 is 23.3 Å². The van der Waals surface area contributed by atoms with Crippen molar-refractivity contribution < 1.29 is 28.2 Å². The molecule has 2 aromatic heterocycles. The number of nitrogens with zero attached hydrogens (tertiary/aromatic N) is 3. The van der Waals surface area contributed by atoms with E-state index in [1.54, 1.807) is 36.7 Å². The Labute approximate surface area is 240 Å². The number of carbonyl (C=O) groups is 1. The smallest absolute Gasteiger partial charge is 0.339 e. The fourth-order valence-electron chi connectivity index (χ4n) is 5.01. The highest BCUT2D eigenvalue weighted by Crippen LogP contribution is 2.38. The van der Waals surface area contributed by atoms with Gasteiger partial charge in [0.2, 0.25) is 5.95 Å². The first kappa shape index (κ1) is 26.7. The van der Waals surface area contributed by atoms with Gasteiger partial charge in [-0.05, 0) is 48.9 Å². The van der Waals surface area contributed by atoms with Crippen LogP contribution < -0.4 is 14.8 Å². The number of carboxylic acids is 1. The van der Waals surface area contributed by atoms with Crippen molar-refractivity contribution in [3.63, 3.8) is 0 Å². The van der Waals surface area contributed by atoms with Gasteiger partial charge in [-0.3, -0.25) is 4.99 Å². The summed E-state index contributed by atoms with van der Waals surface area (Å²) in [6, 6.07) is 16.9. The molecular weight excluding hydrogens is 539 g/mol. The number of hydrogen-bond acceptors (Lipinski definition) is 8. The summed E-state index contributed by atoms with van der Waals surface area (Å²) in [6.07, 6.45) is 3.30. The lowest BCUT2D eigenvalue weighted by Gasteiger charge is -2.16. The van der Waals surface area contributed by atoms with E-state index in [4.69, 9.17) is 23.9 Å². The Balaban J connectivity index is 1.49. The number of halogens is 1. The highest BCUT2D eigenvalue weighted by molar-refractivity contribution is 6.18. The molecule has 1 aliphatic rings. The Hall–Kier alpha value is -5.51. The van der Waals surface area contributed by atoms with E-state index in [2.05, 4.69) is 10.3 Å². The maximum Gasteiger partial charge on any atom is 0.339 e. The number of rotatable bonds is 7. The summed E-state index contributed by atoms with van der Waals surface area (Å²) in [6.45, 7) is 2.16. The van der Waals surface area contributed by atoms with E-state index in [0.717, 1.165) is 22.3 Å². The molecule has 0 amide bonds. The highest BCUT2D eigenvalue weighted by atomic mass is 19.1. The van der Waals surface area contributed by atoms with E-state index in [1.165, 1.54) is 26.4 Å². The zero-order valence-electron chi connectivity index (χ0n) is 22.9. The van der Waals surface area contributed by atoms with Crippen LogP contribution in [-0.4, -0.2) is 41.0 Å². The van der Waals surface area contributed by atoms with Crippen LogP contribution in [0.15, 0.2) is 82.5 Å². The highest BCUT2D eigenvalue weighted by Gasteiger charge is 2.26. The molecule has 0 fully saturated rings. The van der Waals surface area contributed by atoms with Gasteiger partial charge in [-0.2, -0.15) is 0 Å². The largest absolute Gasteiger partial charge is 0.496 e. The zero-order chi connectivity index (χ0) is 29.4. The number of methoxy groups -OCH3 is 2. The molecule has 3 heterocycles. The van der Waals surface area contributed by atoms with Gasteiger partial charge in [-0.25, -0.2) is 19.2 Å². The van der Waals surface area contributed by atoms with Crippen LogP contribution in [0.2, 0.25) is 0 Å². The molecule has 0 unspecified atom stereocenters. The van der Waals surface area contributed by atoms with Crippen molar-refractivity contribution in [3.05, 3.63) is 107 Å². The van der Waals surface area contributed by atoms with Crippen LogP contribution in [0.25, 0.3) is 22.6 Å². The molecule has 42 heavy (non-hydrogen) atoms. The molecule has 0 atom stereocenters. The number of carboxylic acid groups (broad SMARTS) is 1. The van der Waals surface area contributed by atoms with Crippen LogP contribution in [-0.2, 0) is 6.54 Å². The van der Waals surface area contributed by atoms with Gasteiger partial charge >= 0.3 is 5.97 Å². The fraction of sp³-hybridized carbons (Fsp3) is 0.125. The van der Waals surface area contributed by atoms with Crippen molar-refractivity contribution in [2.24, 2.45) is 4.99 Å². The minimum Gasteiger partial charge on any atom is -0.496 e. The summed E-state index contributed by atoms with van der Waals surface area (Å²) < 4.78 is 31.9. The molecular formula is C32H25FN4O5. The molecule has 3 aromatic carbocycles. The third kappa shape index (κ3) is 4.72. The van der Waals surface area contributed by atoms with Crippen molar-refractivity contribution in [3.8, 4) is 34.1 Å². The van der Waals surface area contributed by atoms with Gasteiger partial charge in [0, 0.05) is 40.2 Å². The van der Waals surface area contributed by atoms with Gasteiger partial charge in [0.05, 0.1) is 44.0 Å². The van der Waals surface area contributed by atoms with Crippen molar-refractivity contribution in [2.45, 2.75) is 13.5 Å². The molecule has 1 aliphatic heterocycles. The molecule has 0 spiro atoms. The number of ether oxygens (including phenoxy) is 2. The van der Waals surface area contributed by atoms with E-state index in [9.17, 15) is 9.90 Å². The van der Waals surface area contributed by atoms with Crippen LogP contribution in [0.3, 0.4) is 0 Å². The first-order valence-electron chi connectivity index (χ1n) is 13.0. The number of aryl methyl sites for hydroxylation is 1. The minimum absolute atomic E-state index is 0.0377. The Morgan fingerprint density at radius 1 is 1.02 bits per heavy atom. The number of aliphatic imine (C=N–C) groups is 1. The van der Waals surface area contributed by atoms with Crippen LogP contribution in [0.5, 0.6) is 11.5 Å². The lowest BCUT2D eigenvalue weighted by atomic mass is 9.92. The van der Waals surface area contributed by atoms with Gasteiger partial charge < -0.3 is 24.3 Å². The second kappa shape index (κ2) is 10.8. The van der Waals surface area contributed by atoms with Crippen LogP contribution in [0.1, 0.15) is 32.6 Å². The Morgan fingerprint density at radius 3 is 2.60 bits per heavy atom. The van der Waals surface area contributed by atoms with E-state index in [0.29, 0.717) is 34.2 Å². The molecule has 0 bridgehead atoms. The molecule has 0 aliphatic carbocycles. The molecule has 6 rings (SSSR count). The summed E-state index contributed by atoms with van der Waals surface area (Å²) in [5, 5.41) is 12.5. The van der Waals surface area contributed by atoms with E-state index >= 15 is 4.39 Å². The lowest BCUT2D eigenvalue weighted by Crippen LogP contribution is -2.10. The number of benzene rings is 3. The normalized spacial score (nSPS) is 12.0. The number of fused-ring (bicyclic) bond motifs is 3. The van der Waals surface area contributed by atoms with Gasteiger partial charge in [0.1, 0.15) is 28.6 Å². The fourth-order valence-corrected chi connectivity index (χ4v) is 5.01. The third-order valence-electron chi connectivity index (χ3n) is 7.05. The second-order valence-corrected chi connectivity index (χ2v) is 9.59. The number of aromatic carboxylic acids is 1. The predicted octanol–water partition coefficient (Wildman–Crippen LogP) is 6.66.